The first kappa shape index (κ1) is 12.8. The zero-order valence-electron chi connectivity index (χ0n) is 10.00. The molecule has 1 aliphatic carbocycles. The number of benzene rings is 1. The lowest BCUT2D eigenvalue weighted by atomic mass is 10.1. The topological polar surface area (TPSA) is 60.4 Å². The molecule has 0 bridgehead atoms. The Bertz CT molecular complexity index is 564. The molecule has 1 aliphatic rings. The average Bonchev–Trinajstić information content (AvgIpc) is 2.90. The van der Waals surface area contributed by atoms with E-state index in [1.165, 1.54) is 19.2 Å². The van der Waals surface area contributed by atoms with Crippen molar-refractivity contribution in [3.05, 3.63) is 42.5 Å². The van der Waals surface area contributed by atoms with Crippen LogP contribution >= 0.6 is 0 Å². The maximum absolute atomic E-state index is 12.6. The number of hydrogen-bond donors (Lipinski definition) is 0. The molecule has 0 unspecified atom stereocenters. The Balaban J connectivity index is 2.54. The summed E-state index contributed by atoms with van der Waals surface area (Å²) in [6, 6.07) is 8.01. The standard InChI is InChI=1S/C13H14O4S/c1-17-12(14)13(9-5-6-10-13)18(15,16)11-7-3-2-4-8-11/h2-8H,9-10H2,1H3. The average molecular weight is 266 g/mol. The van der Waals surface area contributed by atoms with Crippen molar-refractivity contribution in [1.82, 2.24) is 0 Å². The van der Waals surface area contributed by atoms with Crippen molar-refractivity contribution < 1.29 is 17.9 Å². The lowest BCUT2D eigenvalue weighted by Crippen LogP contribution is -2.45. The number of rotatable bonds is 3. The third-order valence-corrected chi connectivity index (χ3v) is 5.61. The quantitative estimate of drug-likeness (QED) is 0.617. The van der Waals surface area contributed by atoms with Crippen molar-refractivity contribution in [2.75, 3.05) is 7.11 Å². The molecule has 18 heavy (non-hydrogen) atoms. The van der Waals surface area contributed by atoms with E-state index in [-0.39, 0.29) is 17.7 Å². The monoisotopic (exact) mass is 266 g/mol. The van der Waals surface area contributed by atoms with E-state index < -0.39 is 20.6 Å². The van der Waals surface area contributed by atoms with E-state index in [1.807, 2.05) is 0 Å². The van der Waals surface area contributed by atoms with Gasteiger partial charge in [0, 0.05) is 0 Å². The minimum Gasteiger partial charge on any atom is -0.468 e. The Morgan fingerprint density at radius 3 is 2.22 bits per heavy atom. The van der Waals surface area contributed by atoms with Gasteiger partial charge in [0.05, 0.1) is 12.0 Å². The molecular formula is C13H14O4S. The van der Waals surface area contributed by atoms with Crippen LogP contribution in [0.2, 0.25) is 0 Å². The number of ether oxygens (including phenoxy) is 1. The molecule has 0 atom stereocenters. The first-order valence-corrected chi connectivity index (χ1v) is 7.06. The molecule has 1 aromatic rings. The molecule has 0 N–H and O–H groups in total. The lowest BCUT2D eigenvalue weighted by molar-refractivity contribution is -0.143. The second kappa shape index (κ2) is 4.57. The van der Waals surface area contributed by atoms with Gasteiger partial charge in [-0.3, -0.25) is 4.79 Å². The molecule has 0 aromatic heterocycles. The number of sulfone groups is 1. The van der Waals surface area contributed by atoms with Crippen LogP contribution in [0.5, 0.6) is 0 Å². The molecule has 0 aliphatic heterocycles. The fraction of sp³-hybridized carbons (Fsp3) is 0.308. The van der Waals surface area contributed by atoms with Crippen LogP contribution in [0.15, 0.2) is 47.4 Å². The number of carbonyl (C=O) groups excluding carboxylic acids is 1. The van der Waals surface area contributed by atoms with Crippen LogP contribution in [0.3, 0.4) is 0 Å². The first-order valence-electron chi connectivity index (χ1n) is 5.58. The summed E-state index contributed by atoms with van der Waals surface area (Å²) >= 11 is 0. The Morgan fingerprint density at radius 2 is 1.72 bits per heavy atom. The second-order valence-electron chi connectivity index (χ2n) is 4.18. The van der Waals surface area contributed by atoms with E-state index >= 15 is 0 Å². The molecule has 0 spiro atoms. The lowest BCUT2D eigenvalue weighted by Gasteiger charge is -2.25. The highest BCUT2D eigenvalue weighted by Crippen LogP contribution is 2.37. The van der Waals surface area contributed by atoms with Crippen molar-refractivity contribution in [3.8, 4) is 0 Å². The number of hydrogen-bond acceptors (Lipinski definition) is 4. The Labute approximate surface area is 106 Å². The Morgan fingerprint density at radius 1 is 1.17 bits per heavy atom. The van der Waals surface area contributed by atoms with Gasteiger partial charge in [0.2, 0.25) is 0 Å². The van der Waals surface area contributed by atoms with Crippen molar-refractivity contribution in [2.45, 2.75) is 22.5 Å². The molecule has 4 nitrogen and oxygen atoms in total. The van der Waals surface area contributed by atoms with E-state index in [4.69, 9.17) is 0 Å². The van der Waals surface area contributed by atoms with Gasteiger partial charge in [-0.1, -0.05) is 30.4 Å². The molecule has 0 radical (unpaired) electrons. The molecule has 1 aromatic carbocycles. The predicted molar refractivity (Wildman–Crippen MR) is 66.7 cm³/mol. The Kier molecular flexibility index (Phi) is 3.26. The predicted octanol–water partition coefficient (Wildman–Crippen LogP) is 1.72. The molecule has 5 heteroatoms. The number of carbonyl (C=O) groups is 1. The van der Waals surface area contributed by atoms with E-state index in [0.717, 1.165) is 0 Å². The molecule has 96 valence electrons. The van der Waals surface area contributed by atoms with Gasteiger partial charge in [-0.05, 0) is 25.0 Å². The van der Waals surface area contributed by atoms with Crippen molar-refractivity contribution in [2.24, 2.45) is 0 Å². The van der Waals surface area contributed by atoms with E-state index in [1.54, 1.807) is 30.4 Å². The highest BCUT2D eigenvalue weighted by atomic mass is 32.2. The highest BCUT2D eigenvalue weighted by Gasteiger charge is 2.52. The van der Waals surface area contributed by atoms with Gasteiger partial charge in [0.1, 0.15) is 0 Å². The van der Waals surface area contributed by atoms with Crippen molar-refractivity contribution in [1.29, 1.82) is 0 Å². The smallest absolute Gasteiger partial charge is 0.328 e. The van der Waals surface area contributed by atoms with Gasteiger partial charge in [-0.15, -0.1) is 0 Å². The van der Waals surface area contributed by atoms with Gasteiger partial charge >= 0.3 is 5.97 Å². The first-order chi connectivity index (χ1) is 8.54. The summed E-state index contributed by atoms with van der Waals surface area (Å²) in [7, 11) is -2.54. The fourth-order valence-corrected chi connectivity index (χ4v) is 4.04. The summed E-state index contributed by atoms with van der Waals surface area (Å²) in [6.45, 7) is 0. The SMILES string of the molecule is COC(=O)C1(S(=O)(=O)c2ccccc2)CC=CC1. The normalized spacial score (nSPS) is 17.6. The zero-order chi connectivity index (χ0) is 13.2. The van der Waals surface area contributed by atoms with Crippen LogP contribution in [0, 0.1) is 0 Å². The van der Waals surface area contributed by atoms with Gasteiger partial charge in [-0.25, -0.2) is 8.42 Å². The van der Waals surface area contributed by atoms with Gasteiger partial charge in [-0.2, -0.15) is 0 Å². The Hall–Kier alpha value is -1.62. The molecule has 2 rings (SSSR count). The third kappa shape index (κ3) is 1.75. The van der Waals surface area contributed by atoms with E-state index in [0.29, 0.717) is 0 Å². The summed E-state index contributed by atoms with van der Waals surface area (Å²) in [6.07, 6.45) is 3.74. The maximum Gasteiger partial charge on any atom is 0.328 e. The second-order valence-corrected chi connectivity index (χ2v) is 6.44. The largest absolute Gasteiger partial charge is 0.468 e. The van der Waals surface area contributed by atoms with Crippen LogP contribution in [0.1, 0.15) is 12.8 Å². The fourth-order valence-electron chi connectivity index (χ4n) is 2.14. The minimum atomic E-state index is -3.75. The van der Waals surface area contributed by atoms with Crippen LogP contribution < -0.4 is 0 Å². The zero-order valence-corrected chi connectivity index (χ0v) is 10.8. The molecular weight excluding hydrogens is 252 g/mol. The van der Waals surface area contributed by atoms with E-state index in [9.17, 15) is 13.2 Å². The number of methoxy groups -OCH3 is 1. The van der Waals surface area contributed by atoms with E-state index in [2.05, 4.69) is 4.74 Å². The van der Waals surface area contributed by atoms with Crippen LogP contribution in [0.25, 0.3) is 0 Å². The van der Waals surface area contributed by atoms with Crippen LogP contribution in [0.4, 0.5) is 0 Å². The number of esters is 1. The van der Waals surface area contributed by atoms with Gasteiger partial charge < -0.3 is 4.74 Å². The molecule has 0 fully saturated rings. The summed E-state index contributed by atoms with van der Waals surface area (Å²) < 4.78 is 28.4. The van der Waals surface area contributed by atoms with Gasteiger partial charge in [0.25, 0.3) is 0 Å². The maximum atomic E-state index is 12.6. The highest BCUT2D eigenvalue weighted by molar-refractivity contribution is 7.93. The summed E-state index contributed by atoms with van der Waals surface area (Å²) in [5.74, 6) is -0.698. The van der Waals surface area contributed by atoms with Crippen molar-refractivity contribution in [3.63, 3.8) is 0 Å². The van der Waals surface area contributed by atoms with Crippen LogP contribution in [-0.2, 0) is 19.4 Å². The molecule has 0 heterocycles. The molecule has 0 amide bonds. The minimum absolute atomic E-state index is 0.152. The summed E-state index contributed by atoms with van der Waals surface area (Å²) in [5.41, 5.74) is 0. The molecule has 0 saturated heterocycles. The third-order valence-electron chi connectivity index (χ3n) is 3.19. The van der Waals surface area contributed by atoms with Crippen molar-refractivity contribution >= 4 is 15.8 Å². The van der Waals surface area contributed by atoms with Gasteiger partial charge in [0.15, 0.2) is 14.6 Å². The summed E-state index contributed by atoms with van der Waals surface area (Å²) in [5, 5.41) is 0. The summed E-state index contributed by atoms with van der Waals surface area (Å²) in [4.78, 5) is 12.1. The van der Waals surface area contributed by atoms with Crippen LogP contribution in [-0.4, -0.2) is 26.2 Å². The number of allylic oxidation sites excluding steroid dienone is 2. The molecule has 0 saturated carbocycles.